The average Bonchev–Trinajstić information content (AvgIpc) is 2.38. The van der Waals surface area contributed by atoms with Gasteiger partial charge >= 0.3 is 0 Å². The van der Waals surface area contributed by atoms with Gasteiger partial charge in [0.2, 0.25) is 0 Å². The number of hydrogen-bond acceptors (Lipinski definition) is 2. The van der Waals surface area contributed by atoms with E-state index in [4.69, 9.17) is 16.3 Å². The van der Waals surface area contributed by atoms with Crippen molar-refractivity contribution in [3.05, 3.63) is 34.9 Å². The molecular formula is C14H22ClN3O. The Morgan fingerprint density at radius 1 is 1.42 bits per heavy atom. The number of hydrogen-bond donors (Lipinski definition) is 2. The monoisotopic (exact) mass is 283 g/mol. The summed E-state index contributed by atoms with van der Waals surface area (Å²) in [4.78, 5) is 4.52. The van der Waals surface area contributed by atoms with Gasteiger partial charge in [0.25, 0.3) is 0 Å². The van der Waals surface area contributed by atoms with Gasteiger partial charge in [-0.15, -0.1) is 0 Å². The maximum atomic E-state index is 6.11. The molecule has 1 atom stereocenters. The fraction of sp³-hybridized carbons (Fsp3) is 0.500. The van der Waals surface area contributed by atoms with Crippen molar-refractivity contribution in [2.45, 2.75) is 26.4 Å². The first-order chi connectivity index (χ1) is 9.17. The van der Waals surface area contributed by atoms with Crippen LogP contribution in [0, 0.1) is 0 Å². The number of guanidine groups is 1. The van der Waals surface area contributed by atoms with Crippen LogP contribution in [-0.2, 0) is 11.3 Å². The van der Waals surface area contributed by atoms with Gasteiger partial charge in [-0.3, -0.25) is 0 Å². The quantitative estimate of drug-likeness (QED) is 0.623. The van der Waals surface area contributed by atoms with Crippen LogP contribution in [0.4, 0.5) is 0 Å². The van der Waals surface area contributed by atoms with E-state index in [1.54, 1.807) is 7.11 Å². The summed E-state index contributed by atoms with van der Waals surface area (Å²) in [5, 5.41) is 7.22. The van der Waals surface area contributed by atoms with Crippen molar-refractivity contribution >= 4 is 17.6 Å². The lowest BCUT2D eigenvalue weighted by atomic mass is 10.2. The van der Waals surface area contributed by atoms with Crippen molar-refractivity contribution in [3.8, 4) is 0 Å². The number of ether oxygens (including phenoxy) is 1. The highest BCUT2D eigenvalue weighted by molar-refractivity contribution is 6.31. The Hall–Kier alpha value is -1.26. The predicted molar refractivity (Wildman–Crippen MR) is 80.7 cm³/mol. The second-order valence-electron chi connectivity index (χ2n) is 4.29. The first-order valence-electron chi connectivity index (χ1n) is 6.44. The Morgan fingerprint density at radius 2 is 2.16 bits per heavy atom. The SMILES string of the molecule is CCNC(=NCc1ccccc1Cl)NC(C)COC. The third kappa shape index (κ3) is 5.94. The number of nitrogens with one attached hydrogen (secondary N) is 2. The van der Waals surface area contributed by atoms with Crippen LogP contribution in [-0.4, -0.2) is 32.3 Å². The summed E-state index contributed by atoms with van der Waals surface area (Å²) < 4.78 is 5.10. The van der Waals surface area contributed by atoms with Crippen molar-refractivity contribution in [2.75, 3.05) is 20.3 Å². The third-order valence-corrected chi connectivity index (χ3v) is 2.88. The zero-order chi connectivity index (χ0) is 14.1. The van der Waals surface area contributed by atoms with E-state index in [2.05, 4.69) is 15.6 Å². The lowest BCUT2D eigenvalue weighted by Crippen LogP contribution is -2.43. The number of methoxy groups -OCH3 is 1. The first kappa shape index (κ1) is 15.8. The number of nitrogens with zero attached hydrogens (tertiary/aromatic N) is 1. The molecule has 0 aliphatic heterocycles. The molecule has 19 heavy (non-hydrogen) atoms. The molecular weight excluding hydrogens is 262 g/mol. The van der Waals surface area contributed by atoms with Gasteiger partial charge in [-0.05, 0) is 25.5 Å². The molecule has 0 spiro atoms. The second kappa shape index (κ2) is 8.77. The molecule has 106 valence electrons. The fourth-order valence-electron chi connectivity index (χ4n) is 1.64. The molecule has 0 aromatic heterocycles. The predicted octanol–water partition coefficient (Wildman–Crippen LogP) is 2.43. The van der Waals surface area contributed by atoms with Crippen molar-refractivity contribution in [3.63, 3.8) is 0 Å². The van der Waals surface area contributed by atoms with Crippen molar-refractivity contribution in [2.24, 2.45) is 4.99 Å². The molecule has 0 bridgehead atoms. The standard InChI is InChI=1S/C14H22ClN3O/c1-4-16-14(18-11(2)10-19-3)17-9-12-7-5-6-8-13(12)15/h5-8,11H,4,9-10H2,1-3H3,(H2,16,17,18). The van der Waals surface area contributed by atoms with E-state index in [0.717, 1.165) is 23.1 Å². The first-order valence-corrected chi connectivity index (χ1v) is 6.82. The Balaban J connectivity index is 2.65. The smallest absolute Gasteiger partial charge is 0.191 e. The molecule has 0 amide bonds. The highest BCUT2D eigenvalue weighted by Crippen LogP contribution is 2.15. The van der Waals surface area contributed by atoms with Gasteiger partial charge in [0.1, 0.15) is 0 Å². The molecule has 1 unspecified atom stereocenters. The highest BCUT2D eigenvalue weighted by atomic mass is 35.5. The Kier molecular flexibility index (Phi) is 7.30. The Morgan fingerprint density at radius 3 is 2.79 bits per heavy atom. The fourth-order valence-corrected chi connectivity index (χ4v) is 1.83. The molecule has 0 heterocycles. The number of aliphatic imine (C=N–C) groups is 1. The summed E-state index contributed by atoms with van der Waals surface area (Å²) in [5.74, 6) is 0.770. The topological polar surface area (TPSA) is 45.7 Å². The maximum Gasteiger partial charge on any atom is 0.191 e. The molecule has 0 radical (unpaired) electrons. The molecule has 1 rings (SSSR count). The molecule has 1 aromatic carbocycles. The zero-order valence-corrected chi connectivity index (χ0v) is 12.5. The second-order valence-corrected chi connectivity index (χ2v) is 4.69. The van der Waals surface area contributed by atoms with Crippen LogP contribution in [0.1, 0.15) is 19.4 Å². The Bertz CT molecular complexity index is 409. The molecule has 0 saturated carbocycles. The van der Waals surface area contributed by atoms with E-state index in [-0.39, 0.29) is 6.04 Å². The lowest BCUT2D eigenvalue weighted by Gasteiger charge is -2.17. The van der Waals surface area contributed by atoms with Gasteiger partial charge in [0, 0.05) is 24.7 Å². The Labute approximate surface area is 120 Å². The largest absolute Gasteiger partial charge is 0.383 e. The highest BCUT2D eigenvalue weighted by Gasteiger charge is 2.05. The van der Waals surface area contributed by atoms with Crippen LogP contribution in [0.5, 0.6) is 0 Å². The summed E-state index contributed by atoms with van der Waals surface area (Å²) in [6, 6.07) is 7.94. The van der Waals surface area contributed by atoms with E-state index < -0.39 is 0 Å². The molecule has 5 heteroatoms. The zero-order valence-electron chi connectivity index (χ0n) is 11.7. The number of benzene rings is 1. The van der Waals surface area contributed by atoms with Gasteiger partial charge in [-0.2, -0.15) is 0 Å². The van der Waals surface area contributed by atoms with E-state index in [1.807, 2.05) is 38.1 Å². The van der Waals surface area contributed by atoms with Crippen LogP contribution in [0.15, 0.2) is 29.3 Å². The maximum absolute atomic E-state index is 6.11. The average molecular weight is 284 g/mol. The summed E-state index contributed by atoms with van der Waals surface area (Å²) in [7, 11) is 1.69. The molecule has 0 aliphatic carbocycles. The van der Waals surface area contributed by atoms with Crippen molar-refractivity contribution in [1.29, 1.82) is 0 Å². The number of rotatable bonds is 6. The molecule has 0 saturated heterocycles. The van der Waals surface area contributed by atoms with E-state index >= 15 is 0 Å². The van der Waals surface area contributed by atoms with Gasteiger partial charge < -0.3 is 15.4 Å². The van der Waals surface area contributed by atoms with Gasteiger partial charge in [0.15, 0.2) is 5.96 Å². The van der Waals surface area contributed by atoms with Crippen LogP contribution in [0.25, 0.3) is 0 Å². The van der Waals surface area contributed by atoms with Gasteiger partial charge in [0.05, 0.1) is 13.2 Å². The van der Waals surface area contributed by atoms with Crippen molar-refractivity contribution < 1.29 is 4.74 Å². The minimum absolute atomic E-state index is 0.203. The molecule has 0 aliphatic rings. The summed E-state index contributed by atoms with van der Waals surface area (Å²) in [6.07, 6.45) is 0. The van der Waals surface area contributed by atoms with Gasteiger partial charge in [-0.1, -0.05) is 29.8 Å². The summed E-state index contributed by atoms with van der Waals surface area (Å²) in [6.45, 7) is 6.08. The summed E-state index contributed by atoms with van der Waals surface area (Å²) in [5.41, 5.74) is 1.01. The van der Waals surface area contributed by atoms with Crippen LogP contribution >= 0.6 is 11.6 Å². The molecule has 4 nitrogen and oxygen atoms in total. The lowest BCUT2D eigenvalue weighted by molar-refractivity contribution is 0.179. The van der Waals surface area contributed by atoms with Crippen LogP contribution in [0.3, 0.4) is 0 Å². The van der Waals surface area contributed by atoms with Crippen LogP contribution in [0.2, 0.25) is 5.02 Å². The van der Waals surface area contributed by atoms with E-state index in [9.17, 15) is 0 Å². The third-order valence-electron chi connectivity index (χ3n) is 2.51. The van der Waals surface area contributed by atoms with E-state index in [1.165, 1.54) is 0 Å². The molecule has 1 aromatic rings. The number of halogens is 1. The normalized spacial score (nSPS) is 13.2. The minimum atomic E-state index is 0.203. The van der Waals surface area contributed by atoms with Crippen LogP contribution < -0.4 is 10.6 Å². The summed E-state index contributed by atoms with van der Waals surface area (Å²) >= 11 is 6.11. The van der Waals surface area contributed by atoms with Gasteiger partial charge in [-0.25, -0.2) is 4.99 Å². The van der Waals surface area contributed by atoms with E-state index in [0.29, 0.717) is 13.2 Å². The molecule has 0 fully saturated rings. The van der Waals surface area contributed by atoms with Crippen molar-refractivity contribution in [1.82, 2.24) is 10.6 Å². The minimum Gasteiger partial charge on any atom is -0.383 e. The molecule has 2 N–H and O–H groups in total.